The maximum absolute atomic E-state index is 11.2. The van der Waals surface area contributed by atoms with E-state index in [1.54, 1.807) is 18.3 Å². The number of thiocarbonyl (C=S) groups is 1. The molecule has 0 aromatic carbocycles. The number of nitrogens with one attached hydrogen (secondary N) is 2. The highest BCUT2D eigenvalue weighted by Crippen LogP contribution is 2.06. The van der Waals surface area contributed by atoms with E-state index in [0.717, 1.165) is 5.56 Å². The normalized spacial score (nSPS) is 9.71. The molecule has 0 saturated heterocycles. The number of carbonyl (C=O) groups excluding carboxylic acids is 1. The van der Waals surface area contributed by atoms with Gasteiger partial charge in [-0.1, -0.05) is 12.2 Å². The van der Waals surface area contributed by atoms with Gasteiger partial charge in [-0.3, -0.25) is 4.79 Å². The van der Waals surface area contributed by atoms with E-state index in [1.807, 2.05) is 6.92 Å². The van der Waals surface area contributed by atoms with Crippen molar-refractivity contribution < 1.29 is 4.79 Å². The van der Waals surface area contributed by atoms with Crippen molar-refractivity contribution >= 4 is 28.9 Å². The summed E-state index contributed by atoms with van der Waals surface area (Å²) in [6.07, 6.45) is 2.04. The molecule has 92 valence electrons. The number of amides is 1. The van der Waals surface area contributed by atoms with Crippen LogP contribution in [-0.2, 0) is 4.79 Å². The third-order valence-corrected chi connectivity index (χ3v) is 2.31. The summed E-state index contributed by atoms with van der Waals surface area (Å²) in [6.45, 7) is 3.06. The molecule has 0 saturated carbocycles. The Morgan fingerprint density at radius 2 is 2.35 bits per heavy atom. The third-order valence-electron chi connectivity index (χ3n) is 2.08. The van der Waals surface area contributed by atoms with Gasteiger partial charge >= 0.3 is 0 Å². The first-order chi connectivity index (χ1) is 8.13. The number of nitrogens with two attached hydrogens (primary N) is 1. The maximum Gasteiger partial charge on any atom is 0.221 e. The molecule has 0 spiro atoms. The van der Waals surface area contributed by atoms with Gasteiger partial charge in [0.15, 0.2) is 0 Å². The lowest BCUT2D eigenvalue weighted by Gasteiger charge is -2.06. The molecule has 0 radical (unpaired) electrons. The molecule has 0 aliphatic heterocycles. The van der Waals surface area contributed by atoms with Crippen LogP contribution in [0.15, 0.2) is 18.3 Å². The number of hydrogen-bond acceptors (Lipinski definition) is 4. The van der Waals surface area contributed by atoms with Crippen LogP contribution in [0, 0.1) is 0 Å². The number of carbonyl (C=O) groups is 1. The molecule has 4 N–H and O–H groups in total. The first-order valence-electron chi connectivity index (χ1n) is 5.40. The minimum Gasteiger partial charge on any atom is -0.389 e. The fourth-order valence-corrected chi connectivity index (χ4v) is 1.40. The largest absolute Gasteiger partial charge is 0.389 e. The van der Waals surface area contributed by atoms with Crippen LogP contribution < -0.4 is 16.4 Å². The van der Waals surface area contributed by atoms with Crippen LogP contribution in [0.1, 0.15) is 18.9 Å². The number of anilines is 1. The van der Waals surface area contributed by atoms with E-state index in [9.17, 15) is 4.79 Å². The Bertz CT molecular complexity index is 408. The number of pyridine rings is 1. The zero-order valence-electron chi connectivity index (χ0n) is 9.69. The molecule has 17 heavy (non-hydrogen) atoms. The van der Waals surface area contributed by atoms with Crippen molar-refractivity contribution in [3.05, 3.63) is 23.9 Å². The van der Waals surface area contributed by atoms with Crippen molar-refractivity contribution in [2.75, 3.05) is 18.4 Å². The van der Waals surface area contributed by atoms with Crippen LogP contribution in [0.25, 0.3) is 0 Å². The summed E-state index contributed by atoms with van der Waals surface area (Å²) in [5.74, 6) is 0.685. The summed E-state index contributed by atoms with van der Waals surface area (Å²) in [7, 11) is 0. The van der Waals surface area contributed by atoms with Crippen LogP contribution in [0.3, 0.4) is 0 Å². The summed E-state index contributed by atoms with van der Waals surface area (Å²) in [5, 5.41) is 5.76. The Hall–Kier alpha value is -1.69. The summed E-state index contributed by atoms with van der Waals surface area (Å²) in [5.41, 5.74) is 6.27. The van der Waals surface area contributed by atoms with E-state index < -0.39 is 0 Å². The van der Waals surface area contributed by atoms with Gasteiger partial charge in [0.2, 0.25) is 5.91 Å². The van der Waals surface area contributed by atoms with Crippen molar-refractivity contribution in [1.82, 2.24) is 10.3 Å². The van der Waals surface area contributed by atoms with Gasteiger partial charge in [-0.15, -0.1) is 0 Å². The van der Waals surface area contributed by atoms with E-state index in [4.69, 9.17) is 18.0 Å². The number of hydrogen-bond donors (Lipinski definition) is 3. The van der Waals surface area contributed by atoms with Gasteiger partial charge in [0.05, 0.1) is 0 Å². The third kappa shape index (κ3) is 4.78. The van der Waals surface area contributed by atoms with Crippen molar-refractivity contribution in [3.8, 4) is 0 Å². The molecule has 1 aromatic heterocycles. The van der Waals surface area contributed by atoms with Crippen molar-refractivity contribution in [3.63, 3.8) is 0 Å². The zero-order valence-corrected chi connectivity index (χ0v) is 10.5. The highest BCUT2D eigenvalue weighted by Gasteiger charge is 2.01. The first kappa shape index (κ1) is 13.4. The first-order valence-corrected chi connectivity index (χ1v) is 5.80. The van der Waals surface area contributed by atoms with E-state index >= 15 is 0 Å². The van der Waals surface area contributed by atoms with Crippen LogP contribution in [0.5, 0.6) is 0 Å². The Kier molecular flexibility index (Phi) is 5.35. The van der Waals surface area contributed by atoms with Crippen molar-refractivity contribution in [2.45, 2.75) is 13.3 Å². The molecule has 0 aliphatic carbocycles. The van der Waals surface area contributed by atoms with Gasteiger partial charge in [0.25, 0.3) is 0 Å². The molecule has 1 heterocycles. The highest BCUT2D eigenvalue weighted by molar-refractivity contribution is 7.80. The predicted octanol–water partition coefficient (Wildman–Crippen LogP) is 0.654. The van der Waals surface area contributed by atoms with Crippen LogP contribution in [0.4, 0.5) is 5.82 Å². The Labute approximate surface area is 106 Å². The fraction of sp³-hybridized carbons (Fsp3) is 0.364. The standard InChI is InChI=1S/C11H16N4OS/c1-2-13-10(16)4-6-15-9-7-8(11(12)17)3-5-14-9/h3,5,7H,2,4,6H2,1H3,(H2,12,17)(H,13,16)(H,14,15). The smallest absolute Gasteiger partial charge is 0.221 e. The second-order valence-electron chi connectivity index (χ2n) is 3.42. The van der Waals surface area contributed by atoms with Crippen molar-refractivity contribution in [1.29, 1.82) is 0 Å². The Morgan fingerprint density at radius 1 is 1.59 bits per heavy atom. The SMILES string of the molecule is CCNC(=O)CCNc1cc(C(N)=S)ccn1. The summed E-state index contributed by atoms with van der Waals surface area (Å²) < 4.78 is 0. The zero-order chi connectivity index (χ0) is 12.7. The molecule has 6 heteroatoms. The predicted molar refractivity (Wildman–Crippen MR) is 71.9 cm³/mol. The van der Waals surface area contributed by atoms with Gasteiger partial charge < -0.3 is 16.4 Å². The molecule has 1 amide bonds. The van der Waals surface area contributed by atoms with E-state index in [2.05, 4.69) is 15.6 Å². The average molecular weight is 252 g/mol. The molecule has 0 bridgehead atoms. The monoisotopic (exact) mass is 252 g/mol. The Morgan fingerprint density at radius 3 is 3.00 bits per heavy atom. The maximum atomic E-state index is 11.2. The molecular formula is C11H16N4OS. The lowest BCUT2D eigenvalue weighted by Crippen LogP contribution is -2.24. The molecule has 5 nitrogen and oxygen atoms in total. The topological polar surface area (TPSA) is 80.0 Å². The summed E-state index contributed by atoms with van der Waals surface area (Å²) in [6, 6.07) is 3.51. The number of aromatic nitrogens is 1. The van der Waals surface area contributed by atoms with E-state index in [-0.39, 0.29) is 5.91 Å². The molecular weight excluding hydrogens is 236 g/mol. The van der Waals surface area contributed by atoms with Gasteiger partial charge in [-0.05, 0) is 19.1 Å². The molecule has 0 aliphatic rings. The summed E-state index contributed by atoms with van der Waals surface area (Å²) >= 11 is 4.87. The second kappa shape index (κ2) is 6.80. The second-order valence-corrected chi connectivity index (χ2v) is 3.86. The molecule has 1 aromatic rings. The lowest BCUT2D eigenvalue weighted by molar-refractivity contribution is -0.120. The molecule has 0 fully saturated rings. The van der Waals surface area contributed by atoms with Crippen LogP contribution in [0.2, 0.25) is 0 Å². The highest BCUT2D eigenvalue weighted by atomic mass is 32.1. The fourth-order valence-electron chi connectivity index (χ4n) is 1.27. The van der Waals surface area contributed by atoms with Gasteiger partial charge in [0.1, 0.15) is 10.8 Å². The molecule has 0 atom stereocenters. The van der Waals surface area contributed by atoms with Crippen LogP contribution in [-0.4, -0.2) is 29.0 Å². The van der Waals surface area contributed by atoms with Crippen molar-refractivity contribution in [2.24, 2.45) is 5.73 Å². The van der Waals surface area contributed by atoms with E-state index in [0.29, 0.717) is 30.3 Å². The van der Waals surface area contributed by atoms with Gasteiger partial charge in [-0.2, -0.15) is 0 Å². The minimum absolute atomic E-state index is 0.0190. The molecule has 1 rings (SSSR count). The average Bonchev–Trinajstić information content (AvgIpc) is 2.30. The minimum atomic E-state index is 0.0190. The number of nitrogens with zero attached hydrogens (tertiary/aromatic N) is 1. The van der Waals surface area contributed by atoms with Gasteiger partial charge in [0, 0.05) is 31.3 Å². The van der Waals surface area contributed by atoms with Gasteiger partial charge in [-0.25, -0.2) is 4.98 Å². The van der Waals surface area contributed by atoms with Crippen LogP contribution >= 0.6 is 12.2 Å². The Balaban J connectivity index is 2.44. The lowest BCUT2D eigenvalue weighted by atomic mass is 10.2. The quantitative estimate of drug-likeness (QED) is 0.648. The number of rotatable bonds is 6. The molecule has 0 unspecified atom stereocenters. The summed E-state index contributed by atoms with van der Waals surface area (Å²) in [4.78, 5) is 15.6. The van der Waals surface area contributed by atoms with E-state index in [1.165, 1.54) is 0 Å².